The lowest BCUT2D eigenvalue weighted by Crippen LogP contribution is -2.49. The molecule has 1 heterocycles. The van der Waals surface area contributed by atoms with Gasteiger partial charge in [0.1, 0.15) is 11.6 Å². The second-order valence-electron chi connectivity index (χ2n) is 7.21. The van der Waals surface area contributed by atoms with Crippen molar-refractivity contribution in [3.63, 3.8) is 0 Å². The Bertz CT molecular complexity index is 1150. The molecule has 1 fully saturated rings. The second kappa shape index (κ2) is 10.5. The maximum Gasteiger partial charge on any atom is 0.284 e. The average molecular weight is 472 g/mol. The van der Waals surface area contributed by atoms with Gasteiger partial charge in [-0.1, -0.05) is 60.7 Å². The average Bonchev–Trinajstić information content (AvgIpc) is 2.84. The number of hydrogen-bond acceptors (Lipinski definition) is 4. The molecule has 0 atom stereocenters. The van der Waals surface area contributed by atoms with Crippen LogP contribution in [-0.2, 0) is 10.0 Å². The highest BCUT2D eigenvalue weighted by atomic mass is 35.5. The summed E-state index contributed by atoms with van der Waals surface area (Å²) in [7, 11) is -2.15. The van der Waals surface area contributed by atoms with Crippen molar-refractivity contribution in [3.05, 3.63) is 90.5 Å². The van der Waals surface area contributed by atoms with Gasteiger partial charge in [-0.05, 0) is 24.3 Å². The SMILES string of the molecule is COc1ccccc1N1CCN(/C(=N\S(=O)(=O)c2ccccc2)c2ccccc2)CC1.Cl. The Morgan fingerprint density at radius 3 is 2.00 bits per heavy atom. The highest BCUT2D eigenvalue weighted by Gasteiger charge is 2.25. The first-order valence-electron chi connectivity index (χ1n) is 10.2. The van der Waals surface area contributed by atoms with E-state index in [1.54, 1.807) is 37.4 Å². The van der Waals surface area contributed by atoms with Crippen LogP contribution in [0.1, 0.15) is 5.56 Å². The molecule has 0 unspecified atom stereocenters. The molecule has 32 heavy (non-hydrogen) atoms. The topological polar surface area (TPSA) is 62.2 Å². The van der Waals surface area contributed by atoms with Crippen LogP contribution >= 0.6 is 12.4 Å². The Morgan fingerprint density at radius 2 is 1.38 bits per heavy atom. The fourth-order valence-electron chi connectivity index (χ4n) is 3.69. The van der Waals surface area contributed by atoms with Crippen molar-refractivity contribution in [3.8, 4) is 5.75 Å². The summed E-state index contributed by atoms with van der Waals surface area (Å²) in [6.45, 7) is 2.77. The number of amidine groups is 1. The first-order chi connectivity index (χ1) is 15.1. The first kappa shape index (κ1) is 23.6. The quantitative estimate of drug-likeness (QED) is 0.414. The molecule has 0 aliphatic carbocycles. The number of halogens is 1. The lowest BCUT2D eigenvalue weighted by atomic mass is 10.1. The largest absolute Gasteiger partial charge is 0.495 e. The first-order valence-corrected chi connectivity index (χ1v) is 11.6. The van der Waals surface area contributed by atoms with E-state index >= 15 is 0 Å². The minimum Gasteiger partial charge on any atom is -0.495 e. The molecule has 4 rings (SSSR count). The summed E-state index contributed by atoms with van der Waals surface area (Å²) in [5.74, 6) is 1.31. The van der Waals surface area contributed by atoms with Gasteiger partial charge in [-0.15, -0.1) is 16.8 Å². The molecule has 0 aromatic heterocycles. The van der Waals surface area contributed by atoms with Gasteiger partial charge in [0.2, 0.25) is 0 Å². The highest BCUT2D eigenvalue weighted by Crippen LogP contribution is 2.28. The molecule has 3 aromatic carbocycles. The van der Waals surface area contributed by atoms with Crippen LogP contribution in [0.15, 0.2) is 94.2 Å². The monoisotopic (exact) mass is 471 g/mol. The standard InChI is InChI=1S/C24H25N3O3S.ClH/c1-30-23-15-9-8-14-22(23)26-16-18-27(19-17-26)24(20-10-4-2-5-11-20)25-31(28,29)21-12-6-3-7-13-21;/h2-15H,16-19H2,1H3;1H/b25-24-;. The number of rotatable bonds is 5. The molecular formula is C24H26ClN3O3S. The van der Waals surface area contributed by atoms with E-state index < -0.39 is 10.0 Å². The Morgan fingerprint density at radius 1 is 0.812 bits per heavy atom. The van der Waals surface area contributed by atoms with Crippen LogP contribution in [-0.4, -0.2) is 52.4 Å². The van der Waals surface area contributed by atoms with Crippen molar-refractivity contribution in [1.29, 1.82) is 0 Å². The molecule has 0 bridgehead atoms. The van der Waals surface area contributed by atoms with Crippen molar-refractivity contribution in [2.24, 2.45) is 4.40 Å². The number of hydrogen-bond donors (Lipinski definition) is 0. The van der Waals surface area contributed by atoms with Crippen LogP contribution < -0.4 is 9.64 Å². The van der Waals surface area contributed by atoms with Crippen molar-refractivity contribution < 1.29 is 13.2 Å². The summed E-state index contributed by atoms with van der Waals surface area (Å²) >= 11 is 0. The van der Waals surface area contributed by atoms with E-state index in [0.29, 0.717) is 18.9 Å². The summed E-state index contributed by atoms with van der Waals surface area (Å²) < 4.78 is 35.7. The van der Waals surface area contributed by atoms with E-state index in [0.717, 1.165) is 30.1 Å². The van der Waals surface area contributed by atoms with Gasteiger partial charge in [0.05, 0.1) is 17.7 Å². The number of para-hydroxylation sites is 2. The number of sulfonamides is 1. The van der Waals surface area contributed by atoms with E-state index in [4.69, 9.17) is 4.74 Å². The Balaban J connectivity index is 0.00000289. The third kappa shape index (κ3) is 5.23. The van der Waals surface area contributed by atoms with Gasteiger partial charge in [0.25, 0.3) is 10.0 Å². The zero-order valence-electron chi connectivity index (χ0n) is 17.8. The number of anilines is 1. The molecule has 8 heteroatoms. The molecule has 3 aromatic rings. The summed E-state index contributed by atoms with van der Waals surface area (Å²) in [5.41, 5.74) is 1.83. The maximum absolute atomic E-state index is 13.0. The van der Waals surface area contributed by atoms with E-state index in [2.05, 4.69) is 9.30 Å². The van der Waals surface area contributed by atoms with Crippen LogP contribution in [0.2, 0.25) is 0 Å². The van der Waals surface area contributed by atoms with Gasteiger partial charge in [-0.2, -0.15) is 8.42 Å². The van der Waals surface area contributed by atoms with Crippen LogP contribution in [0.25, 0.3) is 0 Å². The number of piperazine rings is 1. The Labute approximate surface area is 195 Å². The van der Waals surface area contributed by atoms with Crippen LogP contribution in [0.3, 0.4) is 0 Å². The van der Waals surface area contributed by atoms with Gasteiger partial charge in [-0.25, -0.2) is 0 Å². The summed E-state index contributed by atoms with van der Waals surface area (Å²) in [6.07, 6.45) is 0. The lowest BCUT2D eigenvalue weighted by molar-refractivity contribution is 0.379. The third-order valence-corrected chi connectivity index (χ3v) is 6.57. The van der Waals surface area contributed by atoms with Gasteiger partial charge < -0.3 is 14.5 Å². The predicted molar refractivity (Wildman–Crippen MR) is 131 cm³/mol. The third-order valence-electron chi connectivity index (χ3n) is 5.28. The maximum atomic E-state index is 13.0. The number of methoxy groups -OCH3 is 1. The van der Waals surface area contributed by atoms with Gasteiger partial charge in [0.15, 0.2) is 0 Å². The molecule has 0 spiro atoms. The van der Waals surface area contributed by atoms with Gasteiger partial charge >= 0.3 is 0 Å². The predicted octanol–water partition coefficient (Wildman–Crippen LogP) is 4.07. The number of nitrogens with zero attached hydrogens (tertiary/aromatic N) is 3. The van der Waals surface area contributed by atoms with E-state index in [-0.39, 0.29) is 17.3 Å². The highest BCUT2D eigenvalue weighted by molar-refractivity contribution is 7.90. The molecule has 0 amide bonds. The molecule has 1 saturated heterocycles. The lowest BCUT2D eigenvalue weighted by Gasteiger charge is -2.38. The van der Waals surface area contributed by atoms with Crippen molar-refractivity contribution in [2.45, 2.75) is 4.90 Å². The van der Waals surface area contributed by atoms with Crippen LogP contribution in [0.5, 0.6) is 5.75 Å². The zero-order chi connectivity index (χ0) is 21.7. The number of ether oxygens (including phenoxy) is 1. The molecule has 0 radical (unpaired) electrons. The minimum atomic E-state index is -3.82. The molecule has 0 saturated carbocycles. The van der Waals surface area contributed by atoms with E-state index in [1.165, 1.54) is 0 Å². The normalized spacial score (nSPS) is 14.6. The smallest absolute Gasteiger partial charge is 0.284 e. The van der Waals surface area contributed by atoms with Crippen molar-refractivity contribution in [1.82, 2.24) is 4.90 Å². The summed E-state index contributed by atoms with van der Waals surface area (Å²) in [6, 6.07) is 25.8. The molecule has 1 aliphatic rings. The molecule has 1 aliphatic heterocycles. The summed E-state index contributed by atoms with van der Waals surface area (Å²) in [5, 5.41) is 0. The minimum absolute atomic E-state index is 0. The second-order valence-corrected chi connectivity index (χ2v) is 8.82. The van der Waals surface area contributed by atoms with Crippen molar-refractivity contribution in [2.75, 3.05) is 38.2 Å². The van der Waals surface area contributed by atoms with E-state index in [9.17, 15) is 8.42 Å². The molecular weight excluding hydrogens is 446 g/mol. The van der Waals surface area contributed by atoms with Crippen LogP contribution in [0.4, 0.5) is 5.69 Å². The van der Waals surface area contributed by atoms with Crippen molar-refractivity contribution >= 4 is 34.0 Å². The molecule has 6 nitrogen and oxygen atoms in total. The summed E-state index contributed by atoms with van der Waals surface area (Å²) in [4.78, 5) is 4.49. The van der Waals surface area contributed by atoms with Crippen LogP contribution in [0, 0.1) is 0 Å². The Kier molecular flexibility index (Phi) is 7.77. The molecule has 0 N–H and O–H groups in total. The van der Waals surface area contributed by atoms with E-state index in [1.807, 2.05) is 59.5 Å². The number of benzene rings is 3. The zero-order valence-corrected chi connectivity index (χ0v) is 19.4. The Hall–Kier alpha value is -3.03. The fourth-order valence-corrected chi connectivity index (χ4v) is 4.74. The molecule has 168 valence electrons. The fraction of sp³-hybridized carbons (Fsp3) is 0.208. The van der Waals surface area contributed by atoms with Gasteiger partial charge in [-0.3, -0.25) is 0 Å². The van der Waals surface area contributed by atoms with Gasteiger partial charge in [0, 0.05) is 31.7 Å².